The van der Waals surface area contributed by atoms with Crippen LogP contribution in [0.25, 0.3) is 0 Å². The van der Waals surface area contributed by atoms with Crippen LogP contribution in [0.5, 0.6) is 0 Å². The number of halogens is 1. The standard InChI is InChI=1S/C21H22ClNO4/c22-18-9-5-4-6-16(18)14-27-15-19(24)23-12-10-21(11-13-23,20(25)26)17-7-2-1-3-8-17/h1-9H,10-15H2,(H,25,26). The van der Waals surface area contributed by atoms with E-state index in [0.29, 0.717) is 31.0 Å². The third-order valence-corrected chi connectivity index (χ3v) is 5.52. The Labute approximate surface area is 163 Å². The van der Waals surface area contributed by atoms with E-state index in [2.05, 4.69) is 0 Å². The Morgan fingerprint density at radius 1 is 1.04 bits per heavy atom. The zero-order valence-corrected chi connectivity index (χ0v) is 15.7. The summed E-state index contributed by atoms with van der Waals surface area (Å²) >= 11 is 6.08. The van der Waals surface area contributed by atoms with Crippen LogP contribution in [0.3, 0.4) is 0 Å². The van der Waals surface area contributed by atoms with Crippen LogP contribution < -0.4 is 0 Å². The van der Waals surface area contributed by atoms with Crippen LogP contribution in [-0.2, 0) is 26.3 Å². The molecule has 2 aromatic carbocycles. The molecule has 142 valence electrons. The number of carbonyl (C=O) groups is 2. The van der Waals surface area contributed by atoms with Gasteiger partial charge in [-0.15, -0.1) is 0 Å². The third-order valence-electron chi connectivity index (χ3n) is 5.15. The van der Waals surface area contributed by atoms with Gasteiger partial charge in [0, 0.05) is 18.1 Å². The third kappa shape index (κ3) is 4.31. The smallest absolute Gasteiger partial charge is 0.314 e. The van der Waals surface area contributed by atoms with Crippen LogP contribution in [0.1, 0.15) is 24.0 Å². The molecule has 0 unspecified atom stereocenters. The lowest BCUT2D eigenvalue weighted by Gasteiger charge is -2.39. The number of nitrogens with zero attached hydrogens (tertiary/aromatic N) is 1. The summed E-state index contributed by atoms with van der Waals surface area (Å²) in [6.45, 7) is 1.02. The van der Waals surface area contributed by atoms with Gasteiger partial charge in [0.1, 0.15) is 6.61 Å². The molecule has 1 N–H and O–H groups in total. The average Bonchev–Trinajstić information content (AvgIpc) is 2.70. The first-order valence-corrected chi connectivity index (χ1v) is 9.28. The molecule has 1 heterocycles. The molecule has 1 aliphatic rings. The number of carbonyl (C=O) groups excluding carboxylic acids is 1. The molecule has 0 atom stereocenters. The SMILES string of the molecule is O=C(COCc1ccccc1Cl)N1CCC(C(=O)O)(c2ccccc2)CC1. The molecule has 0 aromatic heterocycles. The van der Waals surface area contributed by atoms with Crippen molar-refractivity contribution in [3.63, 3.8) is 0 Å². The molecule has 2 aromatic rings. The average molecular weight is 388 g/mol. The number of benzene rings is 2. The second-order valence-corrected chi connectivity index (χ2v) is 7.13. The molecule has 0 aliphatic carbocycles. The highest BCUT2D eigenvalue weighted by molar-refractivity contribution is 6.31. The van der Waals surface area contributed by atoms with Crippen LogP contribution in [0.2, 0.25) is 5.02 Å². The van der Waals surface area contributed by atoms with Crippen LogP contribution in [0.15, 0.2) is 54.6 Å². The Hall–Kier alpha value is -2.37. The van der Waals surface area contributed by atoms with E-state index in [4.69, 9.17) is 16.3 Å². The molecule has 1 saturated heterocycles. The molecule has 1 aliphatic heterocycles. The van der Waals surface area contributed by atoms with Gasteiger partial charge < -0.3 is 14.7 Å². The summed E-state index contributed by atoms with van der Waals surface area (Å²) in [6, 6.07) is 16.6. The summed E-state index contributed by atoms with van der Waals surface area (Å²) in [6.07, 6.45) is 0.783. The number of hydrogen-bond acceptors (Lipinski definition) is 3. The van der Waals surface area contributed by atoms with Gasteiger partial charge in [-0.3, -0.25) is 9.59 Å². The van der Waals surface area contributed by atoms with E-state index < -0.39 is 11.4 Å². The van der Waals surface area contributed by atoms with Crippen molar-refractivity contribution >= 4 is 23.5 Å². The van der Waals surface area contributed by atoms with Gasteiger partial charge in [-0.25, -0.2) is 0 Å². The van der Waals surface area contributed by atoms with Crippen molar-refractivity contribution in [3.05, 3.63) is 70.7 Å². The molecular formula is C21H22ClNO4. The fraction of sp³-hybridized carbons (Fsp3) is 0.333. The van der Waals surface area contributed by atoms with Gasteiger partial charge in [-0.05, 0) is 30.0 Å². The van der Waals surface area contributed by atoms with Crippen molar-refractivity contribution in [2.24, 2.45) is 0 Å². The normalized spacial score (nSPS) is 16.1. The number of rotatable bonds is 6. The van der Waals surface area contributed by atoms with E-state index in [1.807, 2.05) is 48.5 Å². The van der Waals surface area contributed by atoms with Crippen LogP contribution in [0, 0.1) is 0 Å². The second-order valence-electron chi connectivity index (χ2n) is 6.72. The number of amides is 1. The van der Waals surface area contributed by atoms with E-state index in [9.17, 15) is 14.7 Å². The lowest BCUT2D eigenvalue weighted by molar-refractivity contribution is -0.149. The highest BCUT2D eigenvalue weighted by Gasteiger charge is 2.43. The Morgan fingerprint density at radius 2 is 1.67 bits per heavy atom. The fourth-order valence-electron chi connectivity index (χ4n) is 3.48. The van der Waals surface area contributed by atoms with Crippen LogP contribution >= 0.6 is 11.6 Å². The van der Waals surface area contributed by atoms with E-state index in [1.54, 1.807) is 11.0 Å². The highest BCUT2D eigenvalue weighted by Crippen LogP contribution is 2.35. The number of piperidine rings is 1. The predicted molar refractivity (Wildman–Crippen MR) is 103 cm³/mol. The lowest BCUT2D eigenvalue weighted by Crippen LogP contribution is -2.49. The quantitative estimate of drug-likeness (QED) is 0.823. The molecule has 0 saturated carbocycles. The van der Waals surface area contributed by atoms with Crippen molar-refractivity contribution in [1.82, 2.24) is 4.90 Å². The largest absolute Gasteiger partial charge is 0.481 e. The predicted octanol–water partition coefficient (Wildman–Crippen LogP) is 3.50. The number of aliphatic carboxylic acids is 1. The number of carboxylic acids is 1. The van der Waals surface area contributed by atoms with Gasteiger partial charge >= 0.3 is 5.97 Å². The second kappa shape index (κ2) is 8.55. The molecular weight excluding hydrogens is 366 g/mol. The van der Waals surface area contributed by atoms with Gasteiger partial charge in [0.15, 0.2) is 0 Å². The zero-order chi connectivity index (χ0) is 19.3. The Balaban J connectivity index is 1.55. The van der Waals surface area contributed by atoms with Crippen molar-refractivity contribution in [2.45, 2.75) is 24.9 Å². The molecule has 1 fully saturated rings. The van der Waals surface area contributed by atoms with E-state index in [1.165, 1.54) is 0 Å². The lowest BCUT2D eigenvalue weighted by atomic mass is 9.73. The van der Waals surface area contributed by atoms with Crippen LogP contribution in [-0.4, -0.2) is 41.6 Å². The minimum atomic E-state index is -0.934. The summed E-state index contributed by atoms with van der Waals surface area (Å²) in [4.78, 5) is 26.1. The molecule has 5 nitrogen and oxygen atoms in total. The molecule has 0 radical (unpaired) electrons. The van der Waals surface area contributed by atoms with Crippen molar-refractivity contribution in [1.29, 1.82) is 0 Å². The first-order valence-electron chi connectivity index (χ1n) is 8.91. The highest BCUT2D eigenvalue weighted by atomic mass is 35.5. The van der Waals surface area contributed by atoms with Crippen LogP contribution in [0.4, 0.5) is 0 Å². The molecule has 3 rings (SSSR count). The van der Waals surface area contributed by atoms with Crippen molar-refractivity contribution < 1.29 is 19.4 Å². The molecule has 27 heavy (non-hydrogen) atoms. The first kappa shape index (κ1) is 19.4. The first-order chi connectivity index (χ1) is 13.0. The maximum Gasteiger partial charge on any atom is 0.314 e. The Bertz CT molecular complexity index is 801. The van der Waals surface area contributed by atoms with E-state index in [0.717, 1.165) is 11.1 Å². The minimum Gasteiger partial charge on any atom is -0.481 e. The number of carboxylic acid groups (broad SMARTS) is 1. The van der Waals surface area contributed by atoms with Crippen molar-refractivity contribution in [2.75, 3.05) is 19.7 Å². The molecule has 0 bridgehead atoms. The maximum atomic E-state index is 12.4. The summed E-state index contributed by atoms with van der Waals surface area (Å²) in [5.74, 6) is -0.968. The van der Waals surface area contributed by atoms with Gasteiger partial charge in [-0.1, -0.05) is 60.1 Å². The summed E-state index contributed by atoms with van der Waals surface area (Å²) in [5.41, 5.74) is 0.690. The minimum absolute atomic E-state index is 0.0450. The van der Waals surface area contributed by atoms with E-state index >= 15 is 0 Å². The molecule has 6 heteroatoms. The Morgan fingerprint density at radius 3 is 2.30 bits per heavy atom. The zero-order valence-electron chi connectivity index (χ0n) is 14.9. The van der Waals surface area contributed by atoms with Gasteiger partial charge in [0.05, 0.1) is 12.0 Å². The van der Waals surface area contributed by atoms with Gasteiger partial charge in [0.25, 0.3) is 0 Å². The number of hydrogen-bond donors (Lipinski definition) is 1. The van der Waals surface area contributed by atoms with Gasteiger partial charge in [-0.2, -0.15) is 0 Å². The summed E-state index contributed by atoms with van der Waals surface area (Å²) < 4.78 is 5.51. The fourth-order valence-corrected chi connectivity index (χ4v) is 3.67. The topological polar surface area (TPSA) is 66.8 Å². The number of likely N-dealkylation sites (tertiary alicyclic amines) is 1. The van der Waals surface area contributed by atoms with E-state index in [-0.39, 0.29) is 19.1 Å². The maximum absolute atomic E-state index is 12.4. The molecule has 1 amide bonds. The van der Waals surface area contributed by atoms with Crippen molar-refractivity contribution in [3.8, 4) is 0 Å². The summed E-state index contributed by atoms with van der Waals surface area (Å²) in [7, 11) is 0. The monoisotopic (exact) mass is 387 g/mol. The number of ether oxygens (including phenoxy) is 1. The molecule has 0 spiro atoms. The Kier molecular flexibility index (Phi) is 6.14. The van der Waals surface area contributed by atoms with Gasteiger partial charge in [0.2, 0.25) is 5.91 Å². The summed E-state index contributed by atoms with van der Waals surface area (Å²) in [5, 5.41) is 10.4.